The summed E-state index contributed by atoms with van der Waals surface area (Å²) in [5.41, 5.74) is 8.07. The van der Waals surface area contributed by atoms with Gasteiger partial charge in [-0.2, -0.15) is 0 Å². The van der Waals surface area contributed by atoms with Crippen LogP contribution in [-0.2, 0) is 26.5 Å². The van der Waals surface area contributed by atoms with Crippen molar-refractivity contribution in [3.63, 3.8) is 0 Å². The largest absolute Gasteiger partial charge is 0.489 e. The van der Waals surface area contributed by atoms with Crippen LogP contribution < -0.4 is 19.9 Å². The van der Waals surface area contributed by atoms with E-state index in [0.29, 0.717) is 30.0 Å². The summed E-state index contributed by atoms with van der Waals surface area (Å²) < 4.78 is 55.9. The molecule has 0 spiro atoms. The standard InChI is InChI=1S/C19H27N3O5S2/c1-14(20)19(27-18-11-9-17(10-12-18)22-29(3,25)26)13-6-15-4-7-16(8-5-15)21-28(2,23)24/h4-5,7-12,14,19,21-22H,6,13,20H2,1-3H3. The molecule has 8 nitrogen and oxygen atoms in total. The third-order valence-corrected chi connectivity index (χ3v) is 5.22. The highest BCUT2D eigenvalue weighted by molar-refractivity contribution is 7.92. The van der Waals surface area contributed by atoms with Crippen molar-refractivity contribution in [2.75, 3.05) is 22.0 Å². The summed E-state index contributed by atoms with van der Waals surface area (Å²) in [6, 6.07) is 13.6. The first-order valence-electron chi connectivity index (χ1n) is 8.98. The molecule has 0 heterocycles. The zero-order valence-corrected chi connectivity index (χ0v) is 18.3. The Kier molecular flexibility index (Phi) is 7.50. The van der Waals surface area contributed by atoms with E-state index in [1.54, 1.807) is 36.4 Å². The van der Waals surface area contributed by atoms with Crippen LogP contribution in [0, 0.1) is 0 Å². The van der Waals surface area contributed by atoms with Gasteiger partial charge in [0.05, 0.1) is 12.5 Å². The summed E-state index contributed by atoms with van der Waals surface area (Å²) in [6.07, 6.45) is 3.33. The highest BCUT2D eigenvalue weighted by atomic mass is 32.2. The van der Waals surface area contributed by atoms with Crippen molar-refractivity contribution >= 4 is 31.4 Å². The Morgan fingerprint density at radius 3 is 1.72 bits per heavy atom. The fourth-order valence-corrected chi connectivity index (χ4v) is 3.81. The van der Waals surface area contributed by atoms with E-state index in [0.717, 1.165) is 18.1 Å². The zero-order valence-electron chi connectivity index (χ0n) is 16.6. The maximum Gasteiger partial charge on any atom is 0.229 e. The lowest BCUT2D eigenvalue weighted by Crippen LogP contribution is -2.36. The van der Waals surface area contributed by atoms with E-state index in [-0.39, 0.29) is 12.1 Å². The number of rotatable bonds is 10. The first kappa shape index (κ1) is 23.0. The highest BCUT2D eigenvalue weighted by Crippen LogP contribution is 2.20. The van der Waals surface area contributed by atoms with E-state index in [2.05, 4.69) is 9.44 Å². The minimum absolute atomic E-state index is 0.213. The minimum Gasteiger partial charge on any atom is -0.489 e. The molecule has 2 unspecified atom stereocenters. The first-order valence-corrected chi connectivity index (χ1v) is 12.8. The monoisotopic (exact) mass is 441 g/mol. The number of hydrogen-bond donors (Lipinski definition) is 3. The first-order chi connectivity index (χ1) is 13.4. The lowest BCUT2D eigenvalue weighted by atomic mass is 10.0. The SMILES string of the molecule is CC(N)C(CCc1ccc(NS(C)(=O)=O)cc1)Oc1ccc(NS(C)(=O)=O)cc1. The van der Waals surface area contributed by atoms with E-state index in [4.69, 9.17) is 10.5 Å². The maximum absolute atomic E-state index is 11.3. The summed E-state index contributed by atoms with van der Waals surface area (Å²) in [4.78, 5) is 0. The molecule has 0 radical (unpaired) electrons. The molecule has 0 bridgehead atoms. The van der Waals surface area contributed by atoms with Gasteiger partial charge in [0, 0.05) is 17.4 Å². The molecule has 0 aliphatic heterocycles. The Balaban J connectivity index is 1.96. The average molecular weight is 442 g/mol. The highest BCUT2D eigenvalue weighted by Gasteiger charge is 2.16. The van der Waals surface area contributed by atoms with E-state index < -0.39 is 20.0 Å². The van der Waals surface area contributed by atoms with E-state index in [1.807, 2.05) is 19.1 Å². The van der Waals surface area contributed by atoms with Crippen LogP contribution in [0.4, 0.5) is 11.4 Å². The molecular weight excluding hydrogens is 414 g/mol. The predicted octanol–water partition coefficient (Wildman–Crippen LogP) is 2.16. The number of sulfonamides is 2. The van der Waals surface area contributed by atoms with Crippen LogP contribution in [0.15, 0.2) is 48.5 Å². The van der Waals surface area contributed by atoms with Gasteiger partial charge < -0.3 is 10.5 Å². The Morgan fingerprint density at radius 2 is 1.31 bits per heavy atom. The van der Waals surface area contributed by atoms with Gasteiger partial charge in [-0.3, -0.25) is 9.44 Å². The van der Waals surface area contributed by atoms with Gasteiger partial charge in [-0.1, -0.05) is 12.1 Å². The summed E-state index contributed by atoms with van der Waals surface area (Å²) in [5.74, 6) is 0.596. The molecule has 4 N–H and O–H groups in total. The van der Waals surface area contributed by atoms with Crippen molar-refractivity contribution in [2.45, 2.75) is 31.9 Å². The van der Waals surface area contributed by atoms with Gasteiger partial charge in [0.2, 0.25) is 20.0 Å². The van der Waals surface area contributed by atoms with Crippen LogP contribution in [0.1, 0.15) is 18.9 Å². The minimum atomic E-state index is -3.33. The fraction of sp³-hybridized carbons (Fsp3) is 0.368. The summed E-state index contributed by atoms with van der Waals surface area (Å²) in [5, 5.41) is 0. The number of nitrogens with one attached hydrogen (secondary N) is 2. The molecule has 2 aromatic carbocycles. The molecule has 2 atom stereocenters. The van der Waals surface area contributed by atoms with E-state index in [9.17, 15) is 16.8 Å². The number of hydrogen-bond acceptors (Lipinski definition) is 6. The quantitative estimate of drug-likeness (QED) is 0.518. The summed E-state index contributed by atoms with van der Waals surface area (Å²) in [7, 11) is -6.63. The number of ether oxygens (including phenoxy) is 1. The summed E-state index contributed by atoms with van der Waals surface area (Å²) in [6.45, 7) is 1.86. The maximum atomic E-state index is 11.3. The van der Waals surface area contributed by atoms with Crippen LogP contribution in [-0.4, -0.2) is 41.5 Å². The number of anilines is 2. The average Bonchev–Trinajstić information content (AvgIpc) is 2.58. The van der Waals surface area contributed by atoms with Gasteiger partial charge in [-0.15, -0.1) is 0 Å². The van der Waals surface area contributed by atoms with Gasteiger partial charge in [0.25, 0.3) is 0 Å². The molecule has 160 valence electrons. The van der Waals surface area contributed by atoms with Gasteiger partial charge in [-0.25, -0.2) is 16.8 Å². The normalized spacial score (nSPS) is 14.1. The zero-order chi connectivity index (χ0) is 21.7. The van der Waals surface area contributed by atoms with E-state index >= 15 is 0 Å². The molecule has 29 heavy (non-hydrogen) atoms. The van der Waals surface area contributed by atoms with Crippen molar-refractivity contribution in [2.24, 2.45) is 5.73 Å². The molecule has 0 saturated carbocycles. The second-order valence-corrected chi connectivity index (χ2v) is 10.5. The Morgan fingerprint density at radius 1 is 0.862 bits per heavy atom. The summed E-state index contributed by atoms with van der Waals surface area (Å²) >= 11 is 0. The molecule has 2 rings (SSSR count). The predicted molar refractivity (Wildman–Crippen MR) is 116 cm³/mol. The third-order valence-electron chi connectivity index (χ3n) is 4.01. The van der Waals surface area contributed by atoms with Crippen LogP contribution in [0.2, 0.25) is 0 Å². The van der Waals surface area contributed by atoms with E-state index in [1.165, 1.54) is 0 Å². The van der Waals surface area contributed by atoms with Crippen molar-refractivity contribution in [1.29, 1.82) is 0 Å². The molecule has 0 amide bonds. The van der Waals surface area contributed by atoms with Gasteiger partial charge in [0.15, 0.2) is 0 Å². The van der Waals surface area contributed by atoms with Gasteiger partial charge in [0.1, 0.15) is 11.9 Å². The molecule has 0 saturated heterocycles. The lowest BCUT2D eigenvalue weighted by molar-refractivity contribution is 0.167. The number of aryl methyl sites for hydroxylation is 1. The molecule has 0 fully saturated rings. The van der Waals surface area contributed by atoms with Crippen molar-refractivity contribution in [1.82, 2.24) is 0 Å². The molecule has 0 aliphatic carbocycles. The van der Waals surface area contributed by atoms with Crippen LogP contribution in [0.3, 0.4) is 0 Å². The lowest BCUT2D eigenvalue weighted by Gasteiger charge is -2.23. The van der Waals surface area contributed by atoms with Crippen molar-refractivity contribution in [3.8, 4) is 5.75 Å². The van der Waals surface area contributed by atoms with Gasteiger partial charge in [-0.05, 0) is 61.7 Å². The molecular formula is C19H27N3O5S2. The van der Waals surface area contributed by atoms with Crippen LogP contribution in [0.25, 0.3) is 0 Å². The molecule has 2 aromatic rings. The third kappa shape index (κ3) is 8.71. The topological polar surface area (TPSA) is 128 Å². The smallest absolute Gasteiger partial charge is 0.229 e. The van der Waals surface area contributed by atoms with Gasteiger partial charge >= 0.3 is 0 Å². The van der Waals surface area contributed by atoms with Crippen molar-refractivity contribution < 1.29 is 21.6 Å². The number of benzene rings is 2. The molecule has 0 aromatic heterocycles. The van der Waals surface area contributed by atoms with Crippen LogP contribution in [0.5, 0.6) is 5.75 Å². The molecule has 0 aliphatic rings. The second kappa shape index (κ2) is 9.47. The Labute approximate surface area is 172 Å². The Hall–Kier alpha value is -2.30. The fourth-order valence-electron chi connectivity index (χ4n) is 2.68. The van der Waals surface area contributed by atoms with Crippen LogP contribution >= 0.6 is 0 Å². The molecule has 10 heteroatoms. The Bertz CT molecular complexity index is 1000. The second-order valence-electron chi connectivity index (χ2n) is 7.02. The van der Waals surface area contributed by atoms with Crippen molar-refractivity contribution in [3.05, 3.63) is 54.1 Å². The number of nitrogens with two attached hydrogens (primary N) is 1.